The average Bonchev–Trinajstić information content (AvgIpc) is 2.61. The highest BCUT2D eigenvalue weighted by Crippen LogP contribution is 2.21. The predicted octanol–water partition coefficient (Wildman–Crippen LogP) is 1.94. The summed E-state index contributed by atoms with van der Waals surface area (Å²) in [6.07, 6.45) is 1.26. The molecule has 18 heavy (non-hydrogen) atoms. The molecule has 0 atom stereocenters. The van der Waals surface area contributed by atoms with Gasteiger partial charge < -0.3 is 15.1 Å². The van der Waals surface area contributed by atoms with Crippen LogP contribution in [0.4, 0.5) is 5.69 Å². The molecule has 1 heterocycles. The first-order valence-electron chi connectivity index (χ1n) is 7.03. The highest BCUT2D eigenvalue weighted by atomic mass is 15.2. The first-order valence-corrected chi connectivity index (χ1v) is 7.03. The van der Waals surface area contributed by atoms with Crippen molar-refractivity contribution in [3.63, 3.8) is 0 Å². The summed E-state index contributed by atoms with van der Waals surface area (Å²) in [5.41, 5.74) is 2.83. The van der Waals surface area contributed by atoms with Gasteiger partial charge in [-0.15, -0.1) is 0 Å². The Kier molecular flexibility index (Phi) is 5.02. The van der Waals surface area contributed by atoms with Crippen LogP contribution >= 0.6 is 0 Å². The van der Waals surface area contributed by atoms with Crippen LogP contribution < -0.4 is 10.2 Å². The fraction of sp³-hybridized carbons (Fsp3) is 0.600. The normalized spacial score (nSPS) is 17.8. The van der Waals surface area contributed by atoms with Crippen LogP contribution in [0, 0.1) is 0 Å². The smallest absolute Gasteiger partial charge is 0.0412 e. The van der Waals surface area contributed by atoms with Crippen LogP contribution in [0.15, 0.2) is 24.3 Å². The number of hydrogen-bond acceptors (Lipinski definition) is 3. The van der Waals surface area contributed by atoms with E-state index >= 15 is 0 Å². The summed E-state index contributed by atoms with van der Waals surface area (Å²) in [5.74, 6) is 0. The van der Waals surface area contributed by atoms with Crippen molar-refractivity contribution in [2.24, 2.45) is 0 Å². The molecule has 0 aliphatic carbocycles. The zero-order valence-electron chi connectivity index (χ0n) is 11.7. The lowest BCUT2D eigenvalue weighted by Gasteiger charge is -2.25. The molecule has 0 radical (unpaired) electrons. The molecule has 1 N–H and O–H groups in total. The lowest BCUT2D eigenvalue weighted by Crippen LogP contribution is -2.30. The summed E-state index contributed by atoms with van der Waals surface area (Å²) in [6, 6.07) is 8.80. The molecule has 3 heteroatoms. The van der Waals surface area contributed by atoms with E-state index in [-0.39, 0.29) is 0 Å². The van der Waals surface area contributed by atoms with E-state index in [4.69, 9.17) is 0 Å². The van der Waals surface area contributed by atoms with E-state index in [1.807, 2.05) is 0 Å². The lowest BCUT2D eigenvalue weighted by molar-refractivity contribution is 0.360. The summed E-state index contributed by atoms with van der Waals surface area (Å²) in [7, 11) is 2.22. The summed E-state index contributed by atoms with van der Waals surface area (Å²) in [6.45, 7) is 8.84. The molecule has 0 amide bonds. The van der Waals surface area contributed by atoms with Gasteiger partial charge in [0.15, 0.2) is 0 Å². The second kappa shape index (κ2) is 6.76. The van der Waals surface area contributed by atoms with Gasteiger partial charge in [0.2, 0.25) is 0 Å². The third-order valence-electron chi connectivity index (χ3n) is 3.62. The summed E-state index contributed by atoms with van der Waals surface area (Å²) < 4.78 is 0. The Labute approximate surface area is 111 Å². The second-order valence-electron chi connectivity index (χ2n) is 5.05. The van der Waals surface area contributed by atoms with E-state index < -0.39 is 0 Å². The van der Waals surface area contributed by atoms with Gasteiger partial charge in [-0.05, 0) is 38.2 Å². The Morgan fingerprint density at radius 1 is 1.11 bits per heavy atom. The monoisotopic (exact) mass is 247 g/mol. The van der Waals surface area contributed by atoms with Gasteiger partial charge in [-0.3, -0.25) is 0 Å². The Morgan fingerprint density at radius 3 is 2.78 bits per heavy atom. The van der Waals surface area contributed by atoms with E-state index in [9.17, 15) is 0 Å². The topological polar surface area (TPSA) is 18.5 Å². The van der Waals surface area contributed by atoms with Crippen LogP contribution in [0.1, 0.15) is 18.9 Å². The van der Waals surface area contributed by atoms with Gasteiger partial charge >= 0.3 is 0 Å². The SMILES string of the molecule is CCNCc1ccccc1N1CCCN(C)CC1. The van der Waals surface area contributed by atoms with Crippen LogP contribution in [-0.4, -0.2) is 44.7 Å². The van der Waals surface area contributed by atoms with Gasteiger partial charge in [0, 0.05) is 31.9 Å². The summed E-state index contributed by atoms with van der Waals surface area (Å²) >= 11 is 0. The van der Waals surface area contributed by atoms with Crippen molar-refractivity contribution >= 4 is 5.69 Å². The highest BCUT2D eigenvalue weighted by Gasteiger charge is 2.14. The Balaban J connectivity index is 2.10. The van der Waals surface area contributed by atoms with Crippen molar-refractivity contribution in [1.29, 1.82) is 0 Å². The number of anilines is 1. The van der Waals surface area contributed by atoms with Gasteiger partial charge in [-0.25, -0.2) is 0 Å². The minimum Gasteiger partial charge on any atom is -0.370 e. The number of benzene rings is 1. The maximum absolute atomic E-state index is 3.43. The van der Waals surface area contributed by atoms with Gasteiger partial charge in [0.25, 0.3) is 0 Å². The molecule has 0 saturated carbocycles. The van der Waals surface area contributed by atoms with Gasteiger partial charge in [0.05, 0.1) is 0 Å². The van der Waals surface area contributed by atoms with Crippen molar-refractivity contribution in [1.82, 2.24) is 10.2 Å². The number of para-hydroxylation sites is 1. The fourth-order valence-electron chi connectivity index (χ4n) is 2.52. The van der Waals surface area contributed by atoms with E-state index in [0.717, 1.165) is 26.2 Å². The fourth-order valence-corrected chi connectivity index (χ4v) is 2.52. The van der Waals surface area contributed by atoms with Crippen molar-refractivity contribution in [3.05, 3.63) is 29.8 Å². The average molecular weight is 247 g/mol. The molecular weight excluding hydrogens is 222 g/mol. The van der Waals surface area contributed by atoms with Crippen molar-refractivity contribution < 1.29 is 0 Å². The maximum atomic E-state index is 3.43. The standard InChI is InChI=1S/C15H25N3/c1-3-16-13-14-7-4-5-8-15(14)18-10-6-9-17(2)11-12-18/h4-5,7-8,16H,3,6,9-13H2,1-2H3. The minimum absolute atomic E-state index is 0.971. The van der Waals surface area contributed by atoms with E-state index in [0.29, 0.717) is 0 Å². The summed E-state index contributed by atoms with van der Waals surface area (Å²) in [4.78, 5) is 4.96. The molecule has 0 unspecified atom stereocenters. The van der Waals surface area contributed by atoms with Crippen molar-refractivity contribution in [3.8, 4) is 0 Å². The molecule has 1 aromatic carbocycles. The van der Waals surface area contributed by atoms with E-state index in [1.165, 1.54) is 30.8 Å². The first kappa shape index (κ1) is 13.4. The molecule has 1 aliphatic rings. The number of nitrogens with one attached hydrogen (secondary N) is 1. The van der Waals surface area contributed by atoms with Crippen molar-refractivity contribution in [2.45, 2.75) is 19.9 Å². The second-order valence-corrected chi connectivity index (χ2v) is 5.05. The number of rotatable bonds is 4. The maximum Gasteiger partial charge on any atom is 0.0412 e. The molecule has 0 aromatic heterocycles. The van der Waals surface area contributed by atoms with Gasteiger partial charge in [-0.1, -0.05) is 25.1 Å². The Morgan fingerprint density at radius 2 is 1.94 bits per heavy atom. The zero-order chi connectivity index (χ0) is 12.8. The molecule has 0 spiro atoms. The van der Waals surface area contributed by atoms with E-state index in [1.54, 1.807) is 0 Å². The van der Waals surface area contributed by atoms with Crippen LogP contribution in [-0.2, 0) is 6.54 Å². The third-order valence-corrected chi connectivity index (χ3v) is 3.62. The van der Waals surface area contributed by atoms with Gasteiger partial charge in [0.1, 0.15) is 0 Å². The predicted molar refractivity (Wildman–Crippen MR) is 78.1 cm³/mol. The molecule has 1 fully saturated rings. The highest BCUT2D eigenvalue weighted by molar-refractivity contribution is 5.53. The van der Waals surface area contributed by atoms with E-state index in [2.05, 4.69) is 53.4 Å². The molecule has 1 aliphatic heterocycles. The van der Waals surface area contributed by atoms with Crippen LogP contribution in [0.2, 0.25) is 0 Å². The molecule has 1 saturated heterocycles. The minimum atomic E-state index is 0.971. The van der Waals surface area contributed by atoms with Crippen molar-refractivity contribution in [2.75, 3.05) is 44.7 Å². The molecule has 2 rings (SSSR count). The first-order chi connectivity index (χ1) is 8.81. The lowest BCUT2D eigenvalue weighted by atomic mass is 10.1. The molecule has 1 aromatic rings. The van der Waals surface area contributed by atoms with Gasteiger partial charge in [-0.2, -0.15) is 0 Å². The van der Waals surface area contributed by atoms with Crippen LogP contribution in [0.25, 0.3) is 0 Å². The Hall–Kier alpha value is -1.06. The molecule has 3 nitrogen and oxygen atoms in total. The quantitative estimate of drug-likeness (QED) is 0.877. The molecule has 100 valence electrons. The van der Waals surface area contributed by atoms with Crippen LogP contribution in [0.5, 0.6) is 0 Å². The Bertz CT molecular complexity index is 365. The zero-order valence-corrected chi connectivity index (χ0v) is 11.7. The number of hydrogen-bond donors (Lipinski definition) is 1. The van der Waals surface area contributed by atoms with Crippen LogP contribution in [0.3, 0.4) is 0 Å². The summed E-state index contributed by atoms with van der Waals surface area (Å²) in [5, 5.41) is 3.43. The molecular formula is C15H25N3. The number of nitrogens with zero attached hydrogens (tertiary/aromatic N) is 2. The third kappa shape index (κ3) is 3.47. The largest absolute Gasteiger partial charge is 0.370 e. The number of likely N-dealkylation sites (N-methyl/N-ethyl adjacent to an activating group) is 1. The molecule has 0 bridgehead atoms.